The summed E-state index contributed by atoms with van der Waals surface area (Å²) in [5, 5.41) is 12.5. The lowest BCUT2D eigenvalue weighted by Gasteiger charge is -2.20. The molecule has 4 nitrogen and oxygen atoms in total. The number of hydrogen-bond acceptors (Lipinski definition) is 3. The van der Waals surface area contributed by atoms with Crippen LogP contribution in [0.2, 0.25) is 0 Å². The maximum atomic E-state index is 13.6. The molecular formula is C16H23FN2O2. The standard InChI is InChI=1S/C16H23FN2O2/c1-19(14-8-3-2-7-13(14)17)11-5-10-18-16(21)12-6-4-9-15(12)20/h2-3,7-8,12,15,20H,4-6,9-11H2,1H3,(H,18,21). The molecule has 2 rings (SSSR count). The first-order valence-corrected chi connectivity index (χ1v) is 7.51. The Morgan fingerprint density at radius 2 is 2.19 bits per heavy atom. The molecular weight excluding hydrogens is 271 g/mol. The van der Waals surface area contributed by atoms with Gasteiger partial charge in [0.25, 0.3) is 0 Å². The topological polar surface area (TPSA) is 52.6 Å². The van der Waals surface area contributed by atoms with Crippen molar-refractivity contribution in [1.29, 1.82) is 0 Å². The minimum absolute atomic E-state index is 0.0615. The van der Waals surface area contributed by atoms with Gasteiger partial charge in [-0.1, -0.05) is 12.1 Å². The molecule has 1 saturated carbocycles. The highest BCUT2D eigenvalue weighted by Gasteiger charge is 2.30. The monoisotopic (exact) mass is 294 g/mol. The van der Waals surface area contributed by atoms with Crippen molar-refractivity contribution in [3.63, 3.8) is 0 Å². The van der Waals surface area contributed by atoms with Crippen LogP contribution in [0.5, 0.6) is 0 Å². The first-order valence-electron chi connectivity index (χ1n) is 7.51. The van der Waals surface area contributed by atoms with Crippen LogP contribution in [0.3, 0.4) is 0 Å². The summed E-state index contributed by atoms with van der Waals surface area (Å²) in [6.45, 7) is 1.20. The minimum atomic E-state index is -0.494. The molecule has 2 N–H and O–H groups in total. The molecule has 2 atom stereocenters. The molecule has 2 unspecified atom stereocenters. The van der Waals surface area contributed by atoms with Crippen molar-refractivity contribution in [1.82, 2.24) is 5.32 Å². The number of para-hydroxylation sites is 1. The van der Waals surface area contributed by atoms with E-state index in [-0.39, 0.29) is 17.6 Å². The van der Waals surface area contributed by atoms with Gasteiger partial charge in [0.2, 0.25) is 5.91 Å². The van der Waals surface area contributed by atoms with E-state index in [2.05, 4.69) is 5.32 Å². The summed E-state index contributed by atoms with van der Waals surface area (Å²) in [4.78, 5) is 13.7. The van der Waals surface area contributed by atoms with Gasteiger partial charge in [0.05, 0.1) is 17.7 Å². The Kier molecular flexibility index (Phi) is 5.56. The maximum Gasteiger partial charge on any atom is 0.225 e. The number of anilines is 1. The van der Waals surface area contributed by atoms with Crippen LogP contribution in [-0.2, 0) is 4.79 Å². The lowest BCUT2D eigenvalue weighted by Crippen LogP contribution is -2.36. The predicted octanol–water partition coefficient (Wildman–Crippen LogP) is 1.93. The van der Waals surface area contributed by atoms with Gasteiger partial charge in [0.15, 0.2) is 0 Å². The number of benzene rings is 1. The zero-order chi connectivity index (χ0) is 15.2. The zero-order valence-electron chi connectivity index (χ0n) is 12.4. The number of aliphatic hydroxyl groups excluding tert-OH is 1. The van der Waals surface area contributed by atoms with Gasteiger partial charge in [-0.2, -0.15) is 0 Å². The molecule has 1 fully saturated rings. The molecule has 21 heavy (non-hydrogen) atoms. The second-order valence-corrected chi connectivity index (χ2v) is 5.62. The van der Waals surface area contributed by atoms with Crippen LogP contribution in [0.1, 0.15) is 25.7 Å². The fourth-order valence-electron chi connectivity index (χ4n) is 2.79. The van der Waals surface area contributed by atoms with Gasteiger partial charge in [-0.15, -0.1) is 0 Å². The summed E-state index contributed by atoms with van der Waals surface area (Å²) in [5.74, 6) is -0.555. The number of carbonyl (C=O) groups excluding carboxylic acids is 1. The van der Waals surface area contributed by atoms with E-state index in [0.29, 0.717) is 25.2 Å². The Morgan fingerprint density at radius 3 is 2.86 bits per heavy atom. The third kappa shape index (κ3) is 4.17. The van der Waals surface area contributed by atoms with Crippen molar-refractivity contribution in [3.8, 4) is 0 Å². The van der Waals surface area contributed by atoms with Crippen LogP contribution in [-0.4, -0.2) is 37.3 Å². The highest BCUT2D eigenvalue weighted by molar-refractivity contribution is 5.79. The summed E-state index contributed by atoms with van der Waals surface area (Å²) in [6.07, 6.45) is 2.64. The smallest absolute Gasteiger partial charge is 0.225 e. The molecule has 1 aliphatic carbocycles. The molecule has 1 aromatic carbocycles. The Hall–Kier alpha value is -1.62. The second kappa shape index (κ2) is 7.41. The highest BCUT2D eigenvalue weighted by atomic mass is 19.1. The van der Waals surface area contributed by atoms with Gasteiger partial charge in [-0.3, -0.25) is 4.79 Å². The van der Waals surface area contributed by atoms with Gasteiger partial charge in [0.1, 0.15) is 5.82 Å². The van der Waals surface area contributed by atoms with E-state index in [0.717, 1.165) is 19.3 Å². The lowest BCUT2D eigenvalue weighted by molar-refractivity contribution is -0.127. The Morgan fingerprint density at radius 1 is 1.43 bits per heavy atom. The summed E-state index contributed by atoms with van der Waals surface area (Å²) in [5.41, 5.74) is 0.565. The molecule has 1 aliphatic rings. The van der Waals surface area contributed by atoms with Crippen molar-refractivity contribution in [3.05, 3.63) is 30.1 Å². The molecule has 5 heteroatoms. The van der Waals surface area contributed by atoms with E-state index in [1.165, 1.54) is 6.07 Å². The van der Waals surface area contributed by atoms with Crippen molar-refractivity contribution >= 4 is 11.6 Å². The van der Waals surface area contributed by atoms with Gasteiger partial charge < -0.3 is 15.3 Å². The zero-order valence-corrected chi connectivity index (χ0v) is 12.4. The summed E-state index contributed by atoms with van der Waals surface area (Å²) in [6, 6.07) is 6.65. The number of amides is 1. The molecule has 0 heterocycles. The van der Waals surface area contributed by atoms with Crippen molar-refractivity contribution in [2.45, 2.75) is 31.8 Å². The van der Waals surface area contributed by atoms with Crippen LogP contribution in [0.15, 0.2) is 24.3 Å². The number of hydrogen-bond donors (Lipinski definition) is 2. The normalized spacial score (nSPS) is 21.3. The van der Waals surface area contributed by atoms with Gasteiger partial charge >= 0.3 is 0 Å². The molecule has 0 radical (unpaired) electrons. The van der Waals surface area contributed by atoms with Gasteiger partial charge in [-0.25, -0.2) is 4.39 Å². The van der Waals surface area contributed by atoms with Crippen molar-refractivity contribution in [2.75, 3.05) is 25.0 Å². The highest BCUT2D eigenvalue weighted by Crippen LogP contribution is 2.25. The summed E-state index contributed by atoms with van der Waals surface area (Å²) in [7, 11) is 1.83. The predicted molar refractivity (Wildman–Crippen MR) is 80.6 cm³/mol. The van der Waals surface area contributed by atoms with E-state index in [4.69, 9.17) is 0 Å². The average Bonchev–Trinajstić information content (AvgIpc) is 2.90. The largest absolute Gasteiger partial charge is 0.392 e. The maximum absolute atomic E-state index is 13.6. The molecule has 1 amide bonds. The molecule has 0 saturated heterocycles. The number of halogens is 1. The number of nitrogens with zero attached hydrogens (tertiary/aromatic N) is 1. The Bertz CT molecular complexity index is 481. The number of rotatable bonds is 6. The number of carbonyl (C=O) groups is 1. The van der Waals surface area contributed by atoms with Crippen molar-refractivity contribution < 1.29 is 14.3 Å². The van der Waals surface area contributed by atoms with E-state index in [1.807, 2.05) is 11.9 Å². The molecule has 0 bridgehead atoms. The van der Waals surface area contributed by atoms with Crippen LogP contribution >= 0.6 is 0 Å². The fourth-order valence-corrected chi connectivity index (χ4v) is 2.79. The molecule has 0 aromatic heterocycles. The fraction of sp³-hybridized carbons (Fsp3) is 0.562. The third-order valence-electron chi connectivity index (χ3n) is 4.05. The third-order valence-corrected chi connectivity index (χ3v) is 4.05. The quantitative estimate of drug-likeness (QED) is 0.788. The van der Waals surface area contributed by atoms with E-state index < -0.39 is 6.10 Å². The first kappa shape index (κ1) is 15.8. The number of nitrogens with one attached hydrogen (secondary N) is 1. The van der Waals surface area contributed by atoms with Gasteiger partial charge in [0, 0.05) is 20.1 Å². The first-order chi connectivity index (χ1) is 10.1. The average molecular weight is 294 g/mol. The second-order valence-electron chi connectivity index (χ2n) is 5.62. The minimum Gasteiger partial charge on any atom is -0.392 e. The van der Waals surface area contributed by atoms with Crippen LogP contribution < -0.4 is 10.2 Å². The van der Waals surface area contributed by atoms with Gasteiger partial charge in [-0.05, 0) is 37.8 Å². The molecule has 0 aliphatic heterocycles. The lowest BCUT2D eigenvalue weighted by atomic mass is 10.1. The summed E-state index contributed by atoms with van der Waals surface area (Å²) < 4.78 is 13.6. The van der Waals surface area contributed by atoms with E-state index >= 15 is 0 Å². The van der Waals surface area contributed by atoms with Crippen LogP contribution in [0, 0.1) is 11.7 Å². The molecule has 116 valence electrons. The van der Waals surface area contributed by atoms with E-state index in [1.54, 1.807) is 18.2 Å². The Labute approximate surface area is 125 Å². The van der Waals surface area contributed by atoms with Crippen molar-refractivity contribution in [2.24, 2.45) is 5.92 Å². The summed E-state index contributed by atoms with van der Waals surface area (Å²) >= 11 is 0. The molecule has 0 spiro atoms. The van der Waals surface area contributed by atoms with E-state index in [9.17, 15) is 14.3 Å². The van der Waals surface area contributed by atoms with Crippen LogP contribution in [0.4, 0.5) is 10.1 Å². The molecule has 1 aromatic rings. The van der Waals surface area contributed by atoms with Crippen LogP contribution in [0.25, 0.3) is 0 Å². The SMILES string of the molecule is CN(CCCNC(=O)C1CCCC1O)c1ccccc1F. The Balaban J connectivity index is 1.70. The number of aliphatic hydroxyl groups is 1.